The second kappa shape index (κ2) is 6.21. The van der Waals surface area contributed by atoms with Crippen LogP contribution in [0.1, 0.15) is 16.9 Å². The zero-order chi connectivity index (χ0) is 16.4. The van der Waals surface area contributed by atoms with Gasteiger partial charge in [-0.05, 0) is 18.6 Å². The van der Waals surface area contributed by atoms with Gasteiger partial charge in [-0.3, -0.25) is 9.78 Å². The van der Waals surface area contributed by atoms with Gasteiger partial charge in [-0.25, -0.2) is 17.7 Å². The molecular weight excluding hydrogens is 316 g/mol. The Hall–Kier alpha value is -2.06. The fourth-order valence-corrected chi connectivity index (χ4v) is 3.52. The molecule has 1 aliphatic heterocycles. The molecule has 122 valence electrons. The SMILES string of the molecule is CS(=O)(=O)N1CCCN(C(=O)c2cnc3ccccc3n2)CC1. The van der Waals surface area contributed by atoms with E-state index in [1.165, 1.54) is 16.8 Å². The number of para-hydroxylation sites is 2. The maximum Gasteiger partial charge on any atom is 0.274 e. The minimum atomic E-state index is -3.22. The van der Waals surface area contributed by atoms with Crippen molar-refractivity contribution in [1.29, 1.82) is 0 Å². The minimum absolute atomic E-state index is 0.210. The molecule has 1 fully saturated rings. The lowest BCUT2D eigenvalue weighted by atomic mass is 10.2. The lowest BCUT2D eigenvalue weighted by molar-refractivity contribution is 0.0758. The van der Waals surface area contributed by atoms with E-state index in [2.05, 4.69) is 9.97 Å². The first-order valence-electron chi connectivity index (χ1n) is 7.41. The normalized spacial score (nSPS) is 17.2. The number of fused-ring (bicyclic) bond motifs is 1. The maximum atomic E-state index is 12.6. The van der Waals surface area contributed by atoms with E-state index in [1.54, 1.807) is 4.90 Å². The van der Waals surface area contributed by atoms with Crippen molar-refractivity contribution in [3.63, 3.8) is 0 Å². The summed E-state index contributed by atoms with van der Waals surface area (Å²) in [5.74, 6) is -0.210. The molecule has 7 nitrogen and oxygen atoms in total. The Morgan fingerprint density at radius 2 is 1.83 bits per heavy atom. The number of hydrogen-bond acceptors (Lipinski definition) is 5. The van der Waals surface area contributed by atoms with Crippen LogP contribution in [0.15, 0.2) is 30.5 Å². The first-order chi connectivity index (χ1) is 10.9. The summed E-state index contributed by atoms with van der Waals surface area (Å²) in [5, 5.41) is 0. The van der Waals surface area contributed by atoms with Crippen molar-refractivity contribution in [3.05, 3.63) is 36.2 Å². The van der Waals surface area contributed by atoms with Crippen LogP contribution in [0.25, 0.3) is 11.0 Å². The van der Waals surface area contributed by atoms with Gasteiger partial charge in [-0.1, -0.05) is 12.1 Å². The van der Waals surface area contributed by atoms with Crippen molar-refractivity contribution in [2.75, 3.05) is 32.4 Å². The number of benzene rings is 1. The highest BCUT2D eigenvalue weighted by Crippen LogP contribution is 2.12. The summed E-state index contributed by atoms with van der Waals surface area (Å²) in [4.78, 5) is 22.9. The third kappa shape index (κ3) is 3.48. The van der Waals surface area contributed by atoms with Gasteiger partial charge in [0.15, 0.2) is 0 Å². The standard InChI is InChI=1S/C15H18N4O3S/c1-23(21,22)19-8-4-7-18(9-10-19)15(20)14-11-16-12-5-2-3-6-13(12)17-14/h2-3,5-6,11H,4,7-10H2,1H3. The molecular formula is C15H18N4O3S. The van der Waals surface area contributed by atoms with E-state index in [9.17, 15) is 13.2 Å². The molecule has 3 rings (SSSR count). The molecule has 1 aromatic heterocycles. The van der Waals surface area contributed by atoms with Crippen molar-refractivity contribution in [3.8, 4) is 0 Å². The van der Waals surface area contributed by atoms with Gasteiger partial charge in [0.2, 0.25) is 10.0 Å². The Bertz CT molecular complexity index is 837. The van der Waals surface area contributed by atoms with Crippen LogP contribution in [0.3, 0.4) is 0 Å². The topological polar surface area (TPSA) is 83.5 Å². The van der Waals surface area contributed by atoms with E-state index in [-0.39, 0.29) is 11.6 Å². The third-order valence-electron chi connectivity index (χ3n) is 3.88. The molecule has 1 aliphatic rings. The Balaban J connectivity index is 1.79. The van der Waals surface area contributed by atoms with Crippen LogP contribution in [0.5, 0.6) is 0 Å². The molecule has 0 atom stereocenters. The molecule has 0 radical (unpaired) electrons. The molecule has 8 heteroatoms. The zero-order valence-electron chi connectivity index (χ0n) is 12.8. The monoisotopic (exact) mass is 334 g/mol. The number of hydrogen-bond donors (Lipinski definition) is 0. The van der Waals surface area contributed by atoms with Gasteiger partial charge >= 0.3 is 0 Å². The highest BCUT2D eigenvalue weighted by Gasteiger charge is 2.25. The first kappa shape index (κ1) is 15.8. The van der Waals surface area contributed by atoms with Crippen molar-refractivity contribution in [2.45, 2.75) is 6.42 Å². The molecule has 2 aromatic rings. The molecule has 1 saturated heterocycles. The van der Waals surface area contributed by atoms with E-state index in [0.717, 1.165) is 5.52 Å². The second-order valence-corrected chi connectivity index (χ2v) is 7.53. The number of carbonyl (C=O) groups excluding carboxylic acids is 1. The van der Waals surface area contributed by atoms with E-state index >= 15 is 0 Å². The van der Waals surface area contributed by atoms with Crippen molar-refractivity contribution >= 4 is 27.0 Å². The second-order valence-electron chi connectivity index (χ2n) is 5.55. The number of rotatable bonds is 2. The fourth-order valence-electron chi connectivity index (χ4n) is 2.65. The molecule has 2 heterocycles. The van der Waals surface area contributed by atoms with Crippen molar-refractivity contribution in [2.24, 2.45) is 0 Å². The van der Waals surface area contributed by atoms with Gasteiger partial charge in [-0.2, -0.15) is 0 Å². The molecule has 23 heavy (non-hydrogen) atoms. The van der Waals surface area contributed by atoms with Crippen LogP contribution in [-0.2, 0) is 10.0 Å². The first-order valence-corrected chi connectivity index (χ1v) is 9.26. The number of aromatic nitrogens is 2. The number of amides is 1. The average molecular weight is 334 g/mol. The van der Waals surface area contributed by atoms with Crippen LogP contribution in [-0.4, -0.2) is 65.9 Å². The Morgan fingerprint density at radius 3 is 2.57 bits per heavy atom. The quantitative estimate of drug-likeness (QED) is 0.809. The minimum Gasteiger partial charge on any atom is -0.336 e. The van der Waals surface area contributed by atoms with Gasteiger partial charge in [0.05, 0.1) is 23.5 Å². The van der Waals surface area contributed by atoms with Crippen LogP contribution < -0.4 is 0 Å². The zero-order valence-corrected chi connectivity index (χ0v) is 13.7. The van der Waals surface area contributed by atoms with Gasteiger partial charge in [0.25, 0.3) is 5.91 Å². The average Bonchev–Trinajstić information content (AvgIpc) is 2.79. The molecule has 0 aliphatic carbocycles. The Morgan fingerprint density at radius 1 is 1.09 bits per heavy atom. The predicted molar refractivity (Wildman–Crippen MR) is 86.5 cm³/mol. The van der Waals surface area contributed by atoms with Gasteiger partial charge in [-0.15, -0.1) is 0 Å². The molecule has 1 aromatic carbocycles. The van der Waals surface area contributed by atoms with Gasteiger partial charge < -0.3 is 4.90 Å². The van der Waals surface area contributed by atoms with Gasteiger partial charge in [0, 0.05) is 26.2 Å². The van der Waals surface area contributed by atoms with Crippen molar-refractivity contribution < 1.29 is 13.2 Å². The molecule has 0 saturated carbocycles. The summed E-state index contributed by atoms with van der Waals surface area (Å²) in [5.41, 5.74) is 1.70. The molecule has 0 spiro atoms. The third-order valence-corrected chi connectivity index (χ3v) is 5.18. The number of carbonyl (C=O) groups is 1. The number of sulfonamides is 1. The predicted octanol–water partition coefficient (Wildman–Crippen LogP) is 0.737. The van der Waals surface area contributed by atoms with Crippen molar-refractivity contribution in [1.82, 2.24) is 19.2 Å². The van der Waals surface area contributed by atoms with Gasteiger partial charge in [0.1, 0.15) is 5.69 Å². The summed E-state index contributed by atoms with van der Waals surface area (Å²) in [6.45, 7) is 1.62. The molecule has 0 unspecified atom stereocenters. The summed E-state index contributed by atoms with van der Waals surface area (Å²) >= 11 is 0. The Labute approximate surface area is 135 Å². The lowest BCUT2D eigenvalue weighted by Gasteiger charge is -2.20. The van der Waals surface area contributed by atoms with Crippen LogP contribution in [0.4, 0.5) is 0 Å². The van der Waals surface area contributed by atoms with E-state index in [0.29, 0.717) is 38.1 Å². The number of nitrogens with zero attached hydrogens (tertiary/aromatic N) is 4. The summed E-state index contributed by atoms with van der Waals surface area (Å²) in [7, 11) is -3.22. The molecule has 0 bridgehead atoms. The summed E-state index contributed by atoms with van der Waals surface area (Å²) < 4.78 is 24.7. The molecule has 1 amide bonds. The van der Waals surface area contributed by atoms with E-state index in [4.69, 9.17) is 0 Å². The fraction of sp³-hybridized carbons (Fsp3) is 0.400. The van der Waals surface area contributed by atoms with E-state index < -0.39 is 10.0 Å². The summed E-state index contributed by atoms with van der Waals surface area (Å²) in [6, 6.07) is 7.37. The lowest BCUT2D eigenvalue weighted by Crippen LogP contribution is -2.37. The van der Waals surface area contributed by atoms with E-state index in [1.807, 2.05) is 24.3 Å². The highest BCUT2D eigenvalue weighted by atomic mass is 32.2. The van der Waals surface area contributed by atoms with Crippen LogP contribution in [0, 0.1) is 0 Å². The highest BCUT2D eigenvalue weighted by molar-refractivity contribution is 7.88. The molecule has 0 N–H and O–H groups in total. The van der Waals surface area contributed by atoms with Crippen LogP contribution >= 0.6 is 0 Å². The largest absolute Gasteiger partial charge is 0.336 e. The summed E-state index contributed by atoms with van der Waals surface area (Å²) in [6.07, 6.45) is 3.28. The van der Waals surface area contributed by atoms with Crippen LogP contribution in [0.2, 0.25) is 0 Å². The Kier molecular flexibility index (Phi) is 4.27. The smallest absolute Gasteiger partial charge is 0.274 e. The maximum absolute atomic E-state index is 12.6.